The van der Waals surface area contributed by atoms with Crippen LogP contribution in [-0.4, -0.2) is 23.5 Å². The summed E-state index contributed by atoms with van der Waals surface area (Å²) in [7, 11) is 0. The molecule has 0 aliphatic carbocycles. The van der Waals surface area contributed by atoms with Gasteiger partial charge in [0.15, 0.2) is 5.12 Å². The third-order valence-corrected chi connectivity index (χ3v) is 2.89. The summed E-state index contributed by atoms with van der Waals surface area (Å²) in [5.74, 6) is 0. The van der Waals surface area contributed by atoms with Gasteiger partial charge in [0, 0.05) is 18.2 Å². The van der Waals surface area contributed by atoms with Crippen molar-refractivity contribution in [3.8, 4) is 0 Å². The van der Waals surface area contributed by atoms with Crippen LogP contribution in [0.2, 0.25) is 0 Å². The van der Waals surface area contributed by atoms with Crippen LogP contribution in [0.4, 0.5) is 0 Å². The maximum Gasteiger partial charge on any atom is 0.188 e. The van der Waals surface area contributed by atoms with E-state index in [1.807, 2.05) is 6.92 Å². The summed E-state index contributed by atoms with van der Waals surface area (Å²) in [5.41, 5.74) is 0. The minimum absolute atomic E-state index is 0.328. The molecule has 1 aliphatic heterocycles. The second kappa shape index (κ2) is 3.98. The number of rotatable bonds is 2. The predicted molar refractivity (Wildman–Crippen MR) is 44.2 cm³/mol. The lowest BCUT2D eigenvalue weighted by Crippen LogP contribution is -2.11. The quantitative estimate of drug-likeness (QED) is 0.652. The van der Waals surface area contributed by atoms with Crippen molar-refractivity contribution >= 4 is 16.9 Å². The lowest BCUT2D eigenvalue weighted by atomic mass is 10.4. The highest BCUT2D eigenvalue weighted by atomic mass is 32.2. The number of thioether (sulfide) groups is 1. The smallest absolute Gasteiger partial charge is 0.188 e. The van der Waals surface area contributed by atoms with Gasteiger partial charge in [-0.15, -0.1) is 0 Å². The molecule has 2 nitrogen and oxygen atoms in total. The molecule has 0 amide bonds. The fourth-order valence-corrected chi connectivity index (χ4v) is 1.97. The molecule has 1 rings (SSSR count). The maximum atomic E-state index is 10.9. The predicted octanol–water partition coefficient (Wildman–Crippen LogP) is 1.02. The van der Waals surface area contributed by atoms with Crippen LogP contribution in [-0.2, 0) is 4.79 Å². The van der Waals surface area contributed by atoms with Gasteiger partial charge in [-0.25, -0.2) is 0 Å². The topological polar surface area (TPSA) is 29.1 Å². The molecule has 1 heterocycles. The Labute approximate surface area is 65.8 Å². The normalized spacial score (nSPS) is 25.1. The summed E-state index contributed by atoms with van der Waals surface area (Å²) < 4.78 is 0. The summed E-state index contributed by atoms with van der Waals surface area (Å²) in [6, 6.07) is 0. The fourth-order valence-electron chi connectivity index (χ4n) is 0.998. The van der Waals surface area contributed by atoms with E-state index in [-0.39, 0.29) is 0 Å². The van der Waals surface area contributed by atoms with Gasteiger partial charge in [-0.1, -0.05) is 18.7 Å². The first-order valence-electron chi connectivity index (χ1n) is 3.73. The van der Waals surface area contributed by atoms with Crippen molar-refractivity contribution in [1.29, 1.82) is 0 Å². The highest BCUT2D eigenvalue weighted by Crippen LogP contribution is 2.18. The van der Waals surface area contributed by atoms with Crippen molar-refractivity contribution < 1.29 is 4.79 Å². The van der Waals surface area contributed by atoms with E-state index in [1.54, 1.807) is 0 Å². The van der Waals surface area contributed by atoms with E-state index in [4.69, 9.17) is 0 Å². The molecule has 1 unspecified atom stereocenters. The van der Waals surface area contributed by atoms with E-state index < -0.39 is 0 Å². The first-order valence-corrected chi connectivity index (χ1v) is 4.61. The first-order chi connectivity index (χ1) is 4.83. The van der Waals surface area contributed by atoms with Gasteiger partial charge in [0.1, 0.15) is 0 Å². The van der Waals surface area contributed by atoms with Crippen molar-refractivity contribution in [2.24, 2.45) is 0 Å². The second-order valence-electron chi connectivity index (χ2n) is 2.46. The second-order valence-corrected chi connectivity index (χ2v) is 3.82. The molecule has 1 atom stereocenters. The number of hydrogen-bond donors (Lipinski definition) is 1. The number of carbonyl (C=O) groups is 1. The Morgan fingerprint density at radius 2 is 2.60 bits per heavy atom. The molecule has 0 saturated carbocycles. The monoisotopic (exact) mass is 159 g/mol. The van der Waals surface area contributed by atoms with E-state index in [2.05, 4.69) is 5.32 Å². The molecule has 0 aromatic rings. The lowest BCUT2D eigenvalue weighted by Gasteiger charge is -2.03. The highest BCUT2D eigenvalue weighted by molar-refractivity contribution is 8.14. The van der Waals surface area contributed by atoms with Crippen molar-refractivity contribution in [2.75, 3.05) is 13.1 Å². The molecule has 1 N–H and O–H groups in total. The summed E-state index contributed by atoms with van der Waals surface area (Å²) >= 11 is 1.51. The minimum atomic E-state index is 0.328. The zero-order valence-electron chi connectivity index (χ0n) is 6.22. The Balaban J connectivity index is 2.17. The summed E-state index contributed by atoms with van der Waals surface area (Å²) in [5, 5.41) is 4.10. The Morgan fingerprint density at radius 3 is 3.10 bits per heavy atom. The Hall–Kier alpha value is -0.0200. The third-order valence-electron chi connectivity index (χ3n) is 1.60. The summed E-state index contributed by atoms with van der Waals surface area (Å²) in [4.78, 5) is 10.9. The SMILES string of the molecule is CCC(=O)SC1CCNC1. The van der Waals surface area contributed by atoms with E-state index in [1.165, 1.54) is 11.8 Å². The van der Waals surface area contributed by atoms with Crippen molar-refractivity contribution in [3.05, 3.63) is 0 Å². The maximum absolute atomic E-state index is 10.9. The Bertz CT molecular complexity index is 121. The standard InChI is InChI=1S/C7H13NOS/c1-2-7(9)10-6-3-4-8-5-6/h6,8H,2-5H2,1H3. The van der Waals surface area contributed by atoms with Gasteiger partial charge in [0.05, 0.1) is 0 Å². The Kier molecular flexibility index (Phi) is 3.22. The summed E-state index contributed by atoms with van der Waals surface area (Å²) in [6.07, 6.45) is 1.82. The lowest BCUT2D eigenvalue weighted by molar-refractivity contribution is -0.110. The molecule has 0 aromatic heterocycles. The van der Waals surface area contributed by atoms with Crippen molar-refractivity contribution in [3.63, 3.8) is 0 Å². The van der Waals surface area contributed by atoms with Crippen LogP contribution >= 0.6 is 11.8 Å². The van der Waals surface area contributed by atoms with Crippen LogP contribution in [0.1, 0.15) is 19.8 Å². The number of hydrogen-bond acceptors (Lipinski definition) is 3. The minimum Gasteiger partial charge on any atom is -0.316 e. The van der Waals surface area contributed by atoms with Crippen LogP contribution in [0, 0.1) is 0 Å². The molecule has 1 saturated heterocycles. The van der Waals surface area contributed by atoms with Gasteiger partial charge in [-0.3, -0.25) is 4.79 Å². The molecule has 0 bridgehead atoms. The van der Waals surface area contributed by atoms with E-state index in [9.17, 15) is 4.79 Å². The van der Waals surface area contributed by atoms with Crippen LogP contribution in [0.3, 0.4) is 0 Å². The Morgan fingerprint density at radius 1 is 1.80 bits per heavy atom. The summed E-state index contributed by atoms with van der Waals surface area (Å²) in [6.45, 7) is 4.00. The number of carbonyl (C=O) groups excluding carboxylic acids is 1. The average molecular weight is 159 g/mol. The van der Waals surface area contributed by atoms with Crippen molar-refractivity contribution in [2.45, 2.75) is 25.0 Å². The molecule has 1 fully saturated rings. The average Bonchev–Trinajstić information content (AvgIpc) is 2.40. The molecular formula is C7H13NOS. The van der Waals surface area contributed by atoms with E-state index in [0.717, 1.165) is 19.5 Å². The molecule has 3 heteroatoms. The van der Waals surface area contributed by atoms with Gasteiger partial charge >= 0.3 is 0 Å². The molecule has 0 aromatic carbocycles. The van der Waals surface area contributed by atoms with Crippen LogP contribution in [0.5, 0.6) is 0 Å². The molecular weight excluding hydrogens is 146 g/mol. The van der Waals surface area contributed by atoms with E-state index >= 15 is 0 Å². The molecule has 58 valence electrons. The van der Waals surface area contributed by atoms with Gasteiger partial charge in [0.2, 0.25) is 0 Å². The van der Waals surface area contributed by atoms with Crippen molar-refractivity contribution in [1.82, 2.24) is 5.32 Å². The van der Waals surface area contributed by atoms with Gasteiger partial charge in [-0.2, -0.15) is 0 Å². The van der Waals surface area contributed by atoms with Crippen LogP contribution < -0.4 is 5.32 Å². The van der Waals surface area contributed by atoms with E-state index in [0.29, 0.717) is 16.8 Å². The van der Waals surface area contributed by atoms with Crippen LogP contribution in [0.15, 0.2) is 0 Å². The largest absolute Gasteiger partial charge is 0.316 e. The number of nitrogens with one attached hydrogen (secondary N) is 1. The van der Waals surface area contributed by atoms with Crippen LogP contribution in [0.25, 0.3) is 0 Å². The third kappa shape index (κ3) is 2.31. The zero-order valence-corrected chi connectivity index (χ0v) is 7.04. The van der Waals surface area contributed by atoms with Gasteiger partial charge in [0.25, 0.3) is 0 Å². The molecule has 0 spiro atoms. The van der Waals surface area contributed by atoms with Gasteiger partial charge in [-0.05, 0) is 13.0 Å². The fraction of sp³-hybridized carbons (Fsp3) is 0.857. The highest BCUT2D eigenvalue weighted by Gasteiger charge is 2.17. The van der Waals surface area contributed by atoms with Gasteiger partial charge < -0.3 is 5.32 Å². The molecule has 1 aliphatic rings. The molecule has 10 heavy (non-hydrogen) atoms. The first kappa shape index (κ1) is 8.08. The molecule has 0 radical (unpaired) electrons. The zero-order chi connectivity index (χ0) is 7.40.